The fourth-order valence-corrected chi connectivity index (χ4v) is 5.31. The van der Waals surface area contributed by atoms with E-state index in [0.29, 0.717) is 5.56 Å². The second-order valence-corrected chi connectivity index (χ2v) is 11.8. The molecule has 1 aliphatic heterocycles. The second-order valence-electron chi connectivity index (χ2n) is 10.1. The summed E-state index contributed by atoms with van der Waals surface area (Å²) in [5, 5.41) is 2.84. The lowest BCUT2D eigenvalue weighted by atomic mass is 9.94. The summed E-state index contributed by atoms with van der Waals surface area (Å²) in [6.07, 6.45) is -6.56. The average Bonchev–Trinajstić information content (AvgIpc) is 3.13. The van der Waals surface area contributed by atoms with Crippen molar-refractivity contribution in [1.29, 1.82) is 0 Å². The summed E-state index contributed by atoms with van der Waals surface area (Å²) in [6, 6.07) is 32.9. The van der Waals surface area contributed by atoms with Gasteiger partial charge in [-0.3, -0.25) is 0 Å². The van der Waals surface area contributed by atoms with Gasteiger partial charge in [0.05, 0.1) is 22.3 Å². The quantitative estimate of drug-likeness (QED) is 0.0830. The van der Waals surface area contributed by atoms with E-state index in [4.69, 9.17) is 23.7 Å². The SMILES string of the molecule is O=C(OC[C@H]1O[C@H](C#CSI)[C@@H](OC(=O)c2ccccc2)[C@@H](OC(=O)c2ccccc2)[C@@H]1OC(=O)c1ccccc1)c1ccccc1. The number of halogens is 1. The predicted molar refractivity (Wildman–Crippen MR) is 182 cm³/mol. The Morgan fingerprint density at radius 2 is 0.957 bits per heavy atom. The Bertz CT molecular complexity index is 1730. The van der Waals surface area contributed by atoms with E-state index in [1.807, 2.05) is 21.2 Å². The minimum atomic E-state index is -1.43. The molecular weight excluding hydrogens is 735 g/mol. The van der Waals surface area contributed by atoms with Gasteiger partial charge in [0.2, 0.25) is 0 Å². The average molecular weight is 763 g/mol. The molecule has 0 bridgehead atoms. The van der Waals surface area contributed by atoms with E-state index in [-0.39, 0.29) is 16.7 Å². The fourth-order valence-electron chi connectivity index (χ4n) is 4.76. The zero-order valence-corrected chi connectivity index (χ0v) is 27.6. The summed E-state index contributed by atoms with van der Waals surface area (Å²) in [4.78, 5) is 53.3. The monoisotopic (exact) mass is 762 g/mol. The molecule has 5 atom stereocenters. The smallest absolute Gasteiger partial charge is 0.338 e. The number of hydrogen-bond acceptors (Lipinski definition) is 10. The third-order valence-electron chi connectivity index (χ3n) is 7.02. The van der Waals surface area contributed by atoms with Crippen LogP contribution in [0.4, 0.5) is 0 Å². The molecule has 0 unspecified atom stereocenters. The topological polar surface area (TPSA) is 114 Å². The first kappa shape index (κ1) is 33.7. The van der Waals surface area contributed by atoms with E-state index in [0.717, 1.165) is 8.93 Å². The van der Waals surface area contributed by atoms with Crippen LogP contribution in [0.25, 0.3) is 0 Å². The molecule has 1 fully saturated rings. The number of hydrogen-bond donors (Lipinski definition) is 0. The highest BCUT2D eigenvalue weighted by atomic mass is 127. The molecule has 0 radical (unpaired) electrons. The van der Waals surface area contributed by atoms with Crippen molar-refractivity contribution in [2.24, 2.45) is 0 Å². The van der Waals surface area contributed by atoms with Crippen molar-refractivity contribution < 1.29 is 42.9 Å². The molecule has 0 saturated carbocycles. The van der Waals surface area contributed by atoms with Crippen molar-refractivity contribution in [3.8, 4) is 11.2 Å². The van der Waals surface area contributed by atoms with Crippen LogP contribution in [-0.2, 0) is 23.7 Å². The Morgan fingerprint density at radius 1 is 0.574 bits per heavy atom. The molecule has 0 N–H and O–H groups in total. The van der Waals surface area contributed by atoms with Crippen LogP contribution >= 0.6 is 30.1 Å². The largest absolute Gasteiger partial charge is 0.459 e. The molecular formula is C36H27IO9S. The molecule has 1 aliphatic rings. The van der Waals surface area contributed by atoms with Gasteiger partial charge in [0.1, 0.15) is 12.7 Å². The number of ether oxygens (including phenoxy) is 5. The van der Waals surface area contributed by atoms with E-state index in [9.17, 15) is 19.2 Å². The Kier molecular flexibility index (Phi) is 12.0. The minimum absolute atomic E-state index is 0.206. The molecule has 4 aromatic rings. The first-order valence-electron chi connectivity index (χ1n) is 14.4. The maximum Gasteiger partial charge on any atom is 0.338 e. The van der Waals surface area contributed by atoms with Crippen molar-refractivity contribution in [2.75, 3.05) is 6.61 Å². The molecule has 238 valence electrons. The highest BCUT2D eigenvalue weighted by molar-refractivity contribution is 14.2. The molecule has 0 aliphatic carbocycles. The highest BCUT2D eigenvalue weighted by Crippen LogP contribution is 2.31. The van der Waals surface area contributed by atoms with Crippen molar-refractivity contribution in [3.63, 3.8) is 0 Å². The van der Waals surface area contributed by atoms with Gasteiger partial charge in [-0.1, -0.05) is 78.7 Å². The van der Waals surface area contributed by atoms with Crippen LogP contribution in [0, 0.1) is 11.2 Å². The van der Waals surface area contributed by atoms with Crippen LogP contribution in [0.5, 0.6) is 0 Å². The third-order valence-corrected chi connectivity index (χ3v) is 7.88. The molecule has 1 saturated heterocycles. The lowest BCUT2D eigenvalue weighted by Crippen LogP contribution is -2.62. The molecule has 1 heterocycles. The number of carbonyl (C=O) groups excluding carboxylic acids is 4. The third kappa shape index (κ3) is 9.00. The Labute approximate surface area is 287 Å². The lowest BCUT2D eigenvalue weighted by molar-refractivity contribution is -0.215. The zero-order chi connectivity index (χ0) is 33.0. The standard InChI is InChI=1S/C36H27IO9S/c37-47-22-21-28-30(44-34(39)25-15-7-2-8-16-25)32(46-36(41)27-19-11-4-12-20-27)31(45-35(40)26-17-9-3-10-18-26)29(43-28)23-42-33(38)24-13-5-1-6-14-24/h1-20,28-32H,23H2/t28-,29-,30-,31-,32-/m1/s1. The molecule has 5 rings (SSSR count). The lowest BCUT2D eigenvalue weighted by Gasteiger charge is -2.43. The number of esters is 4. The van der Waals surface area contributed by atoms with Crippen LogP contribution in [-0.4, -0.2) is 61.0 Å². The van der Waals surface area contributed by atoms with Gasteiger partial charge < -0.3 is 23.7 Å². The summed E-state index contributed by atoms with van der Waals surface area (Å²) in [6.45, 7) is -0.408. The summed E-state index contributed by atoms with van der Waals surface area (Å²) >= 11 is 1.98. The number of benzene rings is 4. The fraction of sp³-hybridized carbons (Fsp3) is 0.167. The molecule has 0 amide bonds. The van der Waals surface area contributed by atoms with Crippen molar-refractivity contribution in [3.05, 3.63) is 144 Å². The number of rotatable bonds is 9. The second kappa shape index (κ2) is 16.8. The van der Waals surface area contributed by atoms with Crippen LogP contribution in [0.15, 0.2) is 121 Å². The van der Waals surface area contributed by atoms with Gasteiger partial charge in [-0.05, 0) is 62.7 Å². The first-order valence-corrected chi connectivity index (χ1v) is 17.7. The summed E-state index contributed by atoms with van der Waals surface area (Å²) in [5.41, 5.74) is 0.937. The van der Waals surface area contributed by atoms with E-state index in [1.54, 1.807) is 121 Å². The predicted octanol–water partition coefficient (Wildman–Crippen LogP) is 6.33. The van der Waals surface area contributed by atoms with E-state index in [2.05, 4.69) is 11.2 Å². The molecule has 4 aromatic carbocycles. The van der Waals surface area contributed by atoms with E-state index in [1.165, 1.54) is 0 Å². The van der Waals surface area contributed by atoms with Gasteiger partial charge in [0, 0.05) is 21.2 Å². The van der Waals surface area contributed by atoms with Crippen molar-refractivity contribution in [1.82, 2.24) is 0 Å². The van der Waals surface area contributed by atoms with E-state index >= 15 is 0 Å². The van der Waals surface area contributed by atoms with Crippen LogP contribution in [0.3, 0.4) is 0 Å². The van der Waals surface area contributed by atoms with Gasteiger partial charge in [-0.25, -0.2) is 19.2 Å². The molecule has 0 aromatic heterocycles. The molecule has 47 heavy (non-hydrogen) atoms. The van der Waals surface area contributed by atoms with Gasteiger partial charge in [0.15, 0.2) is 24.4 Å². The van der Waals surface area contributed by atoms with Gasteiger partial charge >= 0.3 is 23.9 Å². The van der Waals surface area contributed by atoms with Crippen LogP contribution < -0.4 is 0 Å². The molecule has 9 nitrogen and oxygen atoms in total. The van der Waals surface area contributed by atoms with E-state index < -0.39 is 61.0 Å². The van der Waals surface area contributed by atoms with Gasteiger partial charge in [0.25, 0.3) is 0 Å². The van der Waals surface area contributed by atoms with Gasteiger partial charge in [-0.15, -0.1) is 0 Å². The Balaban J connectivity index is 1.54. The molecule has 0 spiro atoms. The van der Waals surface area contributed by atoms with Crippen molar-refractivity contribution >= 4 is 54.0 Å². The summed E-state index contributed by atoms with van der Waals surface area (Å²) < 4.78 is 29.8. The number of carbonyl (C=O) groups is 4. The molecule has 11 heteroatoms. The maximum atomic E-state index is 13.5. The van der Waals surface area contributed by atoms with Crippen LogP contribution in [0.2, 0.25) is 0 Å². The Hall–Kier alpha value is -4.64. The summed E-state index contributed by atoms with van der Waals surface area (Å²) in [5.74, 6) is -0.0133. The maximum absolute atomic E-state index is 13.5. The van der Waals surface area contributed by atoms with Gasteiger partial charge in [-0.2, -0.15) is 0 Å². The first-order chi connectivity index (χ1) is 22.9. The zero-order valence-electron chi connectivity index (χ0n) is 24.6. The normalized spacial score (nSPS) is 20.1. The van der Waals surface area contributed by atoms with Crippen molar-refractivity contribution in [2.45, 2.75) is 30.5 Å². The summed E-state index contributed by atoms with van der Waals surface area (Å²) in [7, 11) is 1.16. The van der Waals surface area contributed by atoms with Crippen LogP contribution in [0.1, 0.15) is 41.4 Å². The Morgan fingerprint density at radius 3 is 1.38 bits per heavy atom. The minimum Gasteiger partial charge on any atom is -0.459 e. The highest BCUT2D eigenvalue weighted by Gasteiger charge is 2.52.